The van der Waals surface area contributed by atoms with Crippen LogP contribution in [0, 0.1) is 60.2 Å². The van der Waals surface area contributed by atoms with Crippen molar-refractivity contribution in [1.29, 1.82) is 0 Å². The van der Waals surface area contributed by atoms with E-state index in [2.05, 4.69) is 118 Å². The van der Waals surface area contributed by atoms with E-state index in [1.54, 1.807) is 10.6 Å². The van der Waals surface area contributed by atoms with Crippen LogP contribution in [-0.2, 0) is 0 Å². The zero-order valence-corrected chi connectivity index (χ0v) is 34.4. The molecule has 11 atom stereocenters. The second kappa shape index (κ2) is 13.1. The quantitative estimate of drug-likeness (QED) is 0.281. The Morgan fingerprint density at radius 1 is 0.750 bits per heavy atom. The molecule has 1 heterocycles. The fraction of sp³-hybridized carbons (Fsp3) is 0.739. The molecule has 11 unspecified atom stereocenters. The topological polar surface area (TPSA) is 0 Å². The molecule has 1 saturated heterocycles. The molecule has 0 aromatic heterocycles. The van der Waals surface area contributed by atoms with Crippen LogP contribution in [0.25, 0.3) is 0 Å². The average Bonchev–Trinajstić information content (AvgIpc) is 3.43. The largest absolute Gasteiger partial charge is 0.0919 e. The van der Waals surface area contributed by atoms with Gasteiger partial charge in [-0.05, 0) is 182 Å². The third-order valence-electron chi connectivity index (χ3n) is 15.7. The van der Waals surface area contributed by atoms with Gasteiger partial charge in [-0.2, -0.15) is 0 Å². The molecule has 1 aliphatic heterocycles. The Labute approximate surface area is 299 Å². The zero-order chi connectivity index (χ0) is 34.2. The number of fused-ring (bicyclic) bond motifs is 8. The lowest BCUT2D eigenvalue weighted by Gasteiger charge is -2.59. The Hall–Kier alpha value is -0.700. The molecule has 0 radical (unpaired) electrons. The van der Waals surface area contributed by atoms with Crippen molar-refractivity contribution in [2.75, 3.05) is 0 Å². The molecule has 7 bridgehead atoms. The van der Waals surface area contributed by atoms with Crippen molar-refractivity contribution >= 4 is 26.5 Å². The van der Waals surface area contributed by atoms with Crippen molar-refractivity contribution in [2.45, 2.75) is 168 Å². The molecule has 0 nitrogen and oxygen atoms in total. The molecule has 4 aliphatic carbocycles. The van der Waals surface area contributed by atoms with Gasteiger partial charge >= 0.3 is 0 Å². The summed E-state index contributed by atoms with van der Waals surface area (Å²) in [7, 11) is -0.602. The molecule has 7 rings (SSSR count). The van der Waals surface area contributed by atoms with Gasteiger partial charge in [-0.25, -0.2) is 0 Å². The summed E-state index contributed by atoms with van der Waals surface area (Å²) in [6.45, 7) is 26.7. The fourth-order valence-corrected chi connectivity index (χ4v) is 23.0. The maximum atomic E-state index is 2.86. The Morgan fingerprint density at radius 2 is 1.35 bits per heavy atom. The standard InChI is InChI=1S/C46H70P2/c1-31-16-11-13-20-40(31)47(41-21-14-12-17-32(41)2)34(4)39-26-36-27-42-33(3)46(39,30-36)38-19-15-18-37(22-23-38)45(10)25-24-35(29-45)28-44(8,9)48(42)43(5,6)7/h11-14,16-17,20-21,33-39,42H,15,18-19,22-30H2,1-10H3. The number of hydrogen-bond acceptors (Lipinski definition) is 0. The minimum absolute atomic E-state index is 0.148. The Morgan fingerprint density at radius 3 is 1.98 bits per heavy atom. The van der Waals surface area contributed by atoms with E-state index in [0.717, 1.165) is 41.2 Å². The molecular formula is C46H70P2. The fourth-order valence-electron chi connectivity index (χ4n) is 14.3. The Kier molecular flexibility index (Phi) is 9.71. The van der Waals surface area contributed by atoms with Crippen LogP contribution in [0.4, 0.5) is 0 Å². The first kappa shape index (κ1) is 35.7. The molecule has 48 heavy (non-hydrogen) atoms. The Balaban J connectivity index is 1.39. The van der Waals surface area contributed by atoms with Crippen molar-refractivity contribution in [3.05, 3.63) is 59.7 Å². The summed E-state index contributed by atoms with van der Waals surface area (Å²) in [5, 5.41) is 4.15. The lowest BCUT2D eigenvalue weighted by molar-refractivity contribution is 0.00252. The van der Waals surface area contributed by atoms with Crippen LogP contribution >= 0.6 is 15.8 Å². The van der Waals surface area contributed by atoms with Gasteiger partial charge in [0.2, 0.25) is 0 Å². The van der Waals surface area contributed by atoms with E-state index in [9.17, 15) is 0 Å². The predicted octanol–water partition coefficient (Wildman–Crippen LogP) is 13.0. The van der Waals surface area contributed by atoms with Crippen LogP contribution in [0.2, 0.25) is 0 Å². The lowest BCUT2D eigenvalue weighted by atomic mass is 9.55. The van der Waals surface area contributed by atoms with Crippen molar-refractivity contribution in [2.24, 2.45) is 46.3 Å². The highest BCUT2D eigenvalue weighted by Crippen LogP contribution is 2.76. The smallest absolute Gasteiger partial charge is 0.0123 e. The van der Waals surface area contributed by atoms with Gasteiger partial charge in [0.25, 0.3) is 0 Å². The van der Waals surface area contributed by atoms with Crippen molar-refractivity contribution in [1.82, 2.24) is 0 Å². The lowest BCUT2D eigenvalue weighted by Crippen LogP contribution is -2.51. The summed E-state index contributed by atoms with van der Waals surface area (Å²) < 4.78 is 0. The monoisotopic (exact) mass is 684 g/mol. The summed E-state index contributed by atoms with van der Waals surface area (Å²) in [6.07, 6.45) is 18.1. The highest BCUT2D eigenvalue weighted by molar-refractivity contribution is 7.73. The van der Waals surface area contributed by atoms with E-state index in [1.807, 2.05) is 0 Å². The van der Waals surface area contributed by atoms with E-state index in [0.29, 0.717) is 26.8 Å². The molecule has 1 spiro atoms. The first-order valence-electron chi connectivity index (χ1n) is 20.4. The van der Waals surface area contributed by atoms with Crippen molar-refractivity contribution < 1.29 is 0 Å². The van der Waals surface area contributed by atoms with Crippen LogP contribution in [-0.4, -0.2) is 21.6 Å². The number of benzene rings is 2. The van der Waals surface area contributed by atoms with Gasteiger partial charge in [-0.1, -0.05) is 118 Å². The van der Waals surface area contributed by atoms with E-state index in [1.165, 1.54) is 88.2 Å². The van der Waals surface area contributed by atoms with Gasteiger partial charge in [0.1, 0.15) is 0 Å². The molecule has 2 aromatic carbocycles. The van der Waals surface area contributed by atoms with E-state index in [-0.39, 0.29) is 7.92 Å². The summed E-state index contributed by atoms with van der Waals surface area (Å²) in [6, 6.07) is 19.1. The molecule has 2 heteroatoms. The molecular weight excluding hydrogens is 614 g/mol. The normalized spacial score (nSPS) is 40.1. The summed E-state index contributed by atoms with van der Waals surface area (Å²) in [4.78, 5) is 0. The van der Waals surface area contributed by atoms with Gasteiger partial charge in [-0.3, -0.25) is 0 Å². The van der Waals surface area contributed by atoms with Gasteiger partial charge in [0, 0.05) is 0 Å². The zero-order valence-electron chi connectivity index (χ0n) is 32.6. The second-order valence-corrected chi connectivity index (χ2v) is 26.5. The Bertz CT molecular complexity index is 1400. The van der Waals surface area contributed by atoms with E-state index < -0.39 is 7.92 Å². The van der Waals surface area contributed by atoms with Crippen molar-refractivity contribution in [3.63, 3.8) is 0 Å². The molecule has 4 saturated carbocycles. The van der Waals surface area contributed by atoms with Crippen molar-refractivity contribution in [3.8, 4) is 0 Å². The SMILES string of the molecule is Cc1ccccc1P(c1ccccc1C)C(C)C1CC2CC3C(C)C1(C2)C1CCCC(CC1)C1(C)CCC(C1)CC(C)(C)P3C(C)(C)C. The number of hydrogen-bond donors (Lipinski definition) is 0. The number of rotatable bonds is 4. The first-order valence-corrected chi connectivity index (χ1v) is 23.2. The predicted molar refractivity (Wildman–Crippen MR) is 215 cm³/mol. The molecule has 2 aromatic rings. The average molecular weight is 685 g/mol. The van der Waals surface area contributed by atoms with Gasteiger partial charge in [-0.15, -0.1) is 0 Å². The van der Waals surface area contributed by atoms with Crippen LogP contribution in [0.3, 0.4) is 0 Å². The van der Waals surface area contributed by atoms with Crippen LogP contribution < -0.4 is 10.6 Å². The molecule has 0 amide bonds. The third-order valence-corrected chi connectivity index (χ3v) is 23.2. The molecule has 5 fully saturated rings. The van der Waals surface area contributed by atoms with Crippen LogP contribution in [0.5, 0.6) is 0 Å². The first-order chi connectivity index (χ1) is 22.7. The van der Waals surface area contributed by atoms with E-state index in [4.69, 9.17) is 0 Å². The molecule has 0 N–H and O–H groups in total. The van der Waals surface area contributed by atoms with Gasteiger partial charge < -0.3 is 0 Å². The second-order valence-electron chi connectivity index (χ2n) is 20.0. The van der Waals surface area contributed by atoms with Gasteiger partial charge in [0.15, 0.2) is 0 Å². The van der Waals surface area contributed by atoms with Crippen LogP contribution in [0.1, 0.15) is 144 Å². The maximum Gasteiger partial charge on any atom is -0.0123 e. The molecule has 264 valence electrons. The highest BCUT2D eigenvalue weighted by Gasteiger charge is 2.64. The summed E-state index contributed by atoms with van der Waals surface area (Å²) >= 11 is 0. The third kappa shape index (κ3) is 6.04. The van der Waals surface area contributed by atoms with E-state index >= 15 is 0 Å². The minimum atomic E-state index is -0.454. The molecule has 5 aliphatic rings. The summed E-state index contributed by atoms with van der Waals surface area (Å²) in [5.41, 5.74) is 5.70. The summed E-state index contributed by atoms with van der Waals surface area (Å²) in [5.74, 6) is 5.38. The van der Waals surface area contributed by atoms with Gasteiger partial charge in [0.05, 0.1) is 0 Å². The number of aryl methyl sites for hydroxylation is 2. The minimum Gasteiger partial charge on any atom is -0.0919 e. The highest BCUT2D eigenvalue weighted by atomic mass is 31.1. The maximum absolute atomic E-state index is 2.86. The van der Waals surface area contributed by atoms with Crippen LogP contribution in [0.15, 0.2) is 48.5 Å².